The lowest BCUT2D eigenvalue weighted by molar-refractivity contribution is -0.192. The Morgan fingerprint density at radius 3 is 1.39 bits per heavy atom. The van der Waals surface area contributed by atoms with Crippen LogP contribution in [0.4, 0.5) is 17.6 Å². The highest BCUT2D eigenvalue weighted by Gasteiger charge is 2.73. The summed E-state index contributed by atoms with van der Waals surface area (Å²) in [4.78, 5) is 49.2. The molecule has 0 unspecified atom stereocenters. The van der Waals surface area contributed by atoms with Crippen molar-refractivity contribution in [3.05, 3.63) is 70.9 Å². The maximum absolute atomic E-state index is 17.1. The normalized spacial score (nSPS) is 41.2. The fraction of sp³-hybridized carbons (Fsp3) is 0.704. The van der Waals surface area contributed by atoms with Crippen LogP contribution in [-0.2, 0) is 23.6 Å². The number of aliphatic hydroxyl groups is 3. The lowest BCUT2D eigenvalue weighted by Gasteiger charge is -2.62. The fourth-order valence-corrected chi connectivity index (χ4v) is 14.0. The number of aliphatic hydroxyl groups excluding tert-OH is 3. The topological polar surface area (TPSA) is 138 Å². The number of carbonyl (C=O) groups excluding carboxylic acids is 4. The average Bonchev–Trinajstić information content (AvgIpc) is 3.75. The highest BCUT2D eigenvalue weighted by atomic mass is 35.6. The summed E-state index contributed by atoms with van der Waals surface area (Å²) in [5.41, 5.74) is -7.41. The summed E-state index contributed by atoms with van der Waals surface area (Å²) in [5, 5.41) is 31.8. The van der Waals surface area contributed by atoms with Gasteiger partial charge in [0.25, 0.3) is 0 Å². The Balaban J connectivity index is 0.000000199. The van der Waals surface area contributed by atoms with Crippen LogP contribution in [0.1, 0.15) is 108 Å². The average molecular weight is 1020 g/mol. The van der Waals surface area contributed by atoms with Crippen LogP contribution in [0.15, 0.2) is 70.9 Å². The Morgan fingerprint density at radius 2 is 1.06 bits per heavy atom. The number of allylic oxidation sites excluding steroid dienone is 10. The van der Waals surface area contributed by atoms with Gasteiger partial charge in [-0.2, -0.15) is 11.1 Å². The molecule has 0 bridgehead atoms. The van der Waals surface area contributed by atoms with Crippen molar-refractivity contribution in [1.82, 2.24) is 0 Å². The van der Waals surface area contributed by atoms with Crippen LogP contribution in [0, 0.1) is 45.3 Å². The lowest BCUT2D eigenvalue weighted by atomic mass is 9.45. The molecule has 14 atom stereocenters. The molecule has 0 spiro atoms. The van der Waals surface area contributed by atoms with Crippen molar-refractivity contribution in [2.75, 3.05) is 13.2 Å². The molecule has 8 aliphatic carbocycles. The van der Waals surface area contributed by atoms with E-state index < -0.39 is 97.5 Å². The first-order chi connectivity index (χ1) is 31.3. The highest BCUT2D eigenvalue weighted by Crippen LogP contribution is 2.70. The summed E-state index contributed by atoms with van der Waals surface area (Å²) in [6.45, 7) is 27.6. The monoisotopic (exact) mass is 1020 g/mol. The van der Waals surface area contributed by atoms with Gasteiger partial charge < -0.3 is 19.7 Å². The Bertz CT molecular complexity index is 2310. The molecule has 4 saturated carbocycles. The third-order valence-corrected chi connectivity index (χ3v) is 29.1. The maximum atomic E-state index is 17.1. The van der Waals surface area contributed by atoms with Crippen molar-refractivity contribution in [1.29, 1.82) is 0 Å². The Morgan fingerprint density at radius 1 is 0.696 bits per heavy atom. The van der Waals surface area contributed by atoms with Gasteiger partial charge in [0.2, 0.25) is 0 Å². The molecule has 8 aliphatic rings. The molecule has 69 heavy (non-hydrogen) atoms. The molecule has 0 heterocycles. The third-order valence-electron chi connectivity index (χ3n) is 19.3. The molecule has 0 aromatic rings. The molecule has 0 aliphatic heterocycles. The first-order valence-corrected chi connectivity index (χ1v) is 31.6. The summed E-state index contributed by atoms with van der Waals surface area (Å²) >= 11 is 6.15. The van der Waals surface area contributed by atoms with Crippen LogP contribution in [0.5, 0.6) is 0 Å². The second-order valence-corrected chi connectivity index (χ2v) is 37.3. The molecule has 0 radical (unpaired) electrons. The van der Waals surface area contributed by atoms with E-state index in [1.807, 2.05) is 13.0 Å². The number of halogens is 5. The molecule has 8 rings (SSSR count). The van der Waals surface area contributed by atoms with Crippen molar-refractivity contribution in [3.8, 4) is 0 Å². The van der Waals surface area contributed by atoms with Gasteiger partial charge in [0.05, 0.1) is 18.8 Å². The molecular formula is C54H77ClF4O8Si2. The van der Waals surface area contributed by atoms with E-state index in [4.69, 9.17) is 15.5 Å². The number of fused-ring (bicyclic) bond motifs is 10. The number of alkyl halides is 4. The summed E-state index contributed by atoms with van der Waals surface area (Å²) in [6, 6.07) is 0. The first kappa shape index (κ1) is 55.7. The number of ketones is 4. The Hall–Kier alpha value is -2.60. The van der Waals surface area contributed by atoms with Crippen LogP contribution in [0.3, 0.4) is 0 Å². The summed E-state index contributed by atoms with van der Waals surface area (Å²) in [6.07, 6.45) is 6.26. The van der Waals surface area contributed by atoms with Crippen LogP contribution < -0.4 is 0 Å². The molecule has 0 amide bonds. The zero-order chi connectivity index (χ0) is 52.3. The summed E-state index contributed by atoms with van der Waals surface area (Å²) < 4.78 is 70.4. The highest BCUT2D eigenvalue weighted by molar-refractivity contribution is 7.20. The number of rotatable bonds is 6. The lowest BCUT2D eigenvalue weighted by Crippen LogP contribution is -2.68. The van der Waals surface area contributed by atoms with Crippen molar-refractivity contribution >= 4 is 49.9 Å². The molecule has 4 fully saturated rings. The van der Waals surface area contributed by atoms with E-state index in [0.717, 1.165) is 6.08 Å². The van der Waals surface area contributed by atoms with E-state index in [1.54, 1.807) is 26.8 Å². The summed E-state index contributed by atoms with van der Waals surface area (Å²) in [5.74, 6) is -3.53. The predicted molar refractivity (Wildman–Crippen MR) is 267 cm³/mol. The van der Waals surface area contributed by atoms with Gasteiger partial charge in [-0.05, 0) is 134 Å². The zero-order valence-electron chi connectivity index (χ0n) is 43.2. The first-order valence-electron chi connectivity index (χ1n) is 24.7. The van der Waals surface area contributed by atoms with Crippen LogP contribution >= 0.6 is 11.1 Å². The van der Waals surface area contributed by atoms with E-state index >= 15 is 17.6 Å². The minimum atomic E-state index is -2.13. The zero-order valence-corrected chi connectivity index (χ0v) is 45.9. The van der Waals surface area contributed by atoms with Gasteiger partial charge in [-0.3, -0.25) is 19.2 Å². The Kier molecular flexibility index (Phi) is 14.6. The van der Waals surface area contributed by atoms with Gasteiger partial charge in [0.1, 0.15) is 19.0 Å². The molecule has 8 nitrogen and oxygen atoms in total. The largest absolute Gasteiger partial charge is 0.409 e. The van der Waals surface area contributed by atoms with E-state index in [-0.39, 0.29) is 77.7 Å². The van der Waals surface area contributed by atoms with Crippen LogP contribution in [0.2, 0.25) is 36.3 Å². The molecule has 0 aromatic carbocycles. The number of hydrogen-bond donors (Lipinski definition) is 3. The maximum Gasteiger partial charge on any atom is 0.192 e. The smallest absolute Gasteiger partial charge is 0.192 e. The minimum absolute atomic E-state index is 0.0177. The second-order valence-electron chi connectivity index (χ2n) is 25.2. The van der Waals surface area contributed by atoms with E-state index in [2.05, 4.69) is 67.7 Å². The van der Waals surface area contributed by atoms with Crippen LogP contribution in [0.25, 0.3) is 0 Å². The molecule has 0 saturated heterocycles. The standard InChI is InChI=1S/C27H38F2O4Si.C21H24F2O4.C6H15ClSi/c1-24(2,3)34(6,7)33-15-22(31)18-9-8-17-19-13-21(28)20-12-16(30)10-11-26(20,5)27(19,29)23(32)14-25(17,18)4;1-19-9-18(27)21(23)14(12(19)3-4-13(19)17(26)10-24)8-16(22)15-7-11(25)5-6-20(15,21)2;1-6(2,3)8(4,5)7/h9-12,17,19,21,23,32H,8,13-15H2,1-7H3;4-7,12,14,16,18,24,27H,3,8-10H2,1-2H3;1-5H3/t17-,19-,21-,23-,25-,26-,27-;12-,14-,16-,18-,19-,20-,21-;/m00./s1. The van der Waals surface area contributed by atoms with Crippen molar-refractivity contribution in [2.24, 2.45) is 45.3 Å². The second kappa shape index (κ2) is 18.1. The van der Waals surface area contributed by atoms with Gasteiger partial charge in [-0.15, -0.1) is 0 Å². The van der Waals surface area contributed by atoms with Gasteiger partial charge in [0.15, 0.2) is 50.2 Å². The minimum Gasteiger partial charge on any atom is -0.409 e. The summed E-state index contributed by atoms with van der Waals surface area (Å²) in [7, 11) is -3.52. The molecule has 15 heteroatoms. The van der Waals surface area contributed by atoms with E-state index in [9.17, 15) is 34.5 Å². The van der Waals surface area contributed by atoms with Gasteiger partial charge in [0, 0.05) is 33.5 Å². The quantitative estimate of drug-likeness (QED) is 0.136. The van der Waals surface area contributed by atoms with Crippen molar-refractivity contribution in [2.45, 2.75) is 180 Å². The van der Waals surface area contributed by atoms with Gasteiger partial charge in [-0.25, -0.2) is 17.6 Å². The molecule has 0 aromatic heterocycles. The SMILES string of the molecule is CC(C)(C)[Si](C)(C)Cl.CC(C)(C)[Si](C)(C)OCC(=O)C1=CC[C@H]2[C@@H]3C[C@H](F)C4=CC(=O)C=C[C@]4(C)[C@@]3(F)[C@@H](O)C[C@]12C.C[C@]12C=CC(=O)C=C1[C@@H](F)C[C@H]1[C@@H]3CC=C(C(=O)CO)[C@@]3(C)C[C@H](O)[C@@]12F. The fourth-order valence-electron chi connectivity index (χ4n) is 13.0. The number of hydrogen-bond acceptors (Lipinski definition) is 8. The van der Waals surface area contributed by atoms with E-state index in [0.29, 0.717) is 29.0 Å². The Labute approximate surface area is 414 Å². The van der Waals surface area contributed by atoms with Crippen molar-refractivity contribution < 1.29 is 56.5 Å². The predicted octanol–water partition coefficient (Wildman–Crippen LogP) is 11.1. The molecule has 3 N–H and O–H groups in total. The number of Topliss-reactive ketones (excluding diaryl/α,β-unsaturated/α-hetero) is 2. The van der Waals surface area contributed by atoms with Crippen molar-refractivity contribution in [3.63, 3.8) is 0 Å². The molecule has 384 valence electrons. The third kappa shape index (κ3) is 8.74. The van der Waals surface area contributed by atoms with E-state index in [1.165, 1.54) is 30.4 Å². The van der Waals surface area contributed by atoms with Crippen LogP contribution in [-0.4, -0.2) is 103 Å². The molecular weight excluding hydrogens is 944 g/mol. The van der Waals surface area contributed by atoms with Gasteiger partial charge >= 0.3 is 0 Å². The van der Waals surface area contributed by atoms with Gasteiger partial charge in [-0.1, -0.05) is 92.8 Å². The number of carbonyl (C=O) groups is 4.